The highest BCUT2D eigenvalue weighted by Crippen LogP contribution is 2.47. The lowest BCUT2D eigenvalue weighted by Crippen LogP contribution is -2.15. The fourth-order valence-corrected chi connectivity index (χ4v) is 9.45. The summed E-state index contributed by atoms with van der Waals surface area (Å²) in [7, 11) is 0. The zero-order valence-corrected chi connectivity index (χ0v) is 31.2. The molecule has 0 fully saturated rings. The normalized spacial score (nSPS) is 15.7. The van der Waals surface area contributed by atoms with Crippen LogP contribution in [-0.2, 0) is 0 Å². The van der Waals surface area contributed by atoms with Crippen LogP contribution in [0.3, 0.4) is 0 Å². The van der Waals surface area contributed by atoms with Gasteiger partial charge in [-0.2, -0.15) is 9.97 Å². The number of hydrogen-bond donors (Lipinski definition) is 0. The van der Waals surface area contributed by atoms with Crippen molar-refractivity contribution in [2.24, 2.45) is 5.92 Å². The van der Waals surface area contributed by atoms with Gasteiger partial charge < -0.3 is 4.57 Å². The first-order chi connectivity index (χ1) is 28.2. The van der Waals surface area contributed by atoms with Crippen LogP contribution in [0.2, 0.25) is 0 Å². The van der Waals surface area contributed by atoms with E-state index < -0.39 is 0 Å². The fourth-order valence-electron chi connectivity index (χ4n) is 9.45. The molecule has 8 aromatic carbocycles. The molecular formula is C52H35N5. The standard InChI is InChI=1S/C52H35N5/c1-32-16-8-10-22-36(32)51-53-50(34-18-4-2-5-19-34)54-52(55-51)57-48-41-27-15-13-25-39(41)38-24-12-14-26-40(38)45(48)42-30-31-44-46(49(42)57)43-29-28-33-17-9-11-23-37(33)47(43)56(44)35-20-6-3-7-21-35/h2-32,36H,1H3. The minimum atomic E-state index is -0.00347. The summed E-state index contributed by atoms with van der Waals surface area (Å²) in [5, 5.41) is 11.9. The molecule has 0 spiro atoms. The van der Waals surface area contributed by atoms with Crippen molar-refractivity contribution in [1.82, 2.24) is 24.1 Å². The van der Waals surface area contributed by atoms with Crippen LogP contribution in [0.1, 0.15) is 18.7 Å². The van der Waals surface area contributed by atoms with Crippen molar-refractivity contribution >= 4 is 75.9 Å². The number of nitrogens with zero attached hydrogens (tertiary/aromatic N) is 5. The van der Waals surface area contributed by atoms with Crippen LogP contribution in [-0.4, -0.2) is 24.1 Å². The molecule has 0 radical (unpaired) electrons. The highest BCUT2D eigenvalue weighted by Gasteiger charge is 2.28. The van der Waals surface area contributed by atoms with Crippen LogP contribution in [0.5, 0.6) is 0 Å². The van der Waals surface area contributed by atoms with Gasteiger partial charge >= 0.3 is 0 Å². The van der Waals surface area contributed by atoms with Crippen molar-refractivity contribution in [3.8, 4) is 23.0 Å². The molecule has 0 bridgehead atoms. The van der Waals surface area contributed by atoms with Gasteiger partial charge in [-0.25, -0.2) is 4.98 Å². The summed E-state index contributed by atoms with van der Waals surface area (Å²) in [4.78, 5) is 16.2. The van der Waals surface area contributed by atoms with E-state index in [9.17, 15) is 0 Å². The van der Waals surface area contributed by atoms with Gasteiger partial charge in [-0.1, -0.05) is 171 Å². The Labute approximate surface area is 328 Å². The van der Waals surface area contributed by atoms with Crippen molar-refractivity contribution in [2.45, 2.75) is 12.8 Å². The van der Waals surface area contributed by atoms with Gasteiger partial charge in [0.05, 0.1) is 22.1 Å². The molecule has 1 aliphatic rings. The minimum absolute atomic E-state index is 0.00347. The van der Waals surface area contributed by atoms with Gasteiger partial charge in [-0.05, 0) is 45.7 Å². The summed E-state index contributed by atoms with van der Waals surface area (Å²) in [5.41, 5.74) is 6.57. The van der Waals surface area contributed by atoms with E-state index in [-0.39, 0.29) is 11.8 Å². The smallest absolute Gasteiger partial charge is 0.238 e. The predicted octanol–water partition coefficient (Wildman–Crippen LogP) is 13.0. The molecule has 12 rings (SSSR count). The van der Waals surface area contributed by atoms with Gasteiger partial charge in [0, 0.05) is 49.5 Å². The van der Waals surface area contributed by atoms with Crippen molar-refractivity contribution in [3.05, 3.63) is 188 Å². The Morgan fingerprint density at radius 2 is 1.05 bits per heavy atom. The van der Waals surface area contributed by atoms with Crippen LogP contribution < -0.4 is 0 Å². The first-order valence-electron chi connectivity index (χ1n) is 19.7. The summed E-state index contributed by atoms with van der Waals surface area (Å²) in [5.74, 6) is 2.26. The van der Waals surface area contributed by atoms with Crippen molar-refractivity contribution < 1.29 is 0 Å². The Morgan fingerprint density at radius 1 is 0.439 bits per heavy atom. The van der Waals surface area contributed by atoms with Gasteiger partial charge in [-0.15, -0.1) is 0 Å². The lowest BCUT2D eigenvalue weighted by molar-refractivity contribution is 0.597. The lowest BCUT2D eigenvalue weighted by atomic mass is 9.89. The van der Waals surface area contributed by atoms with Gasteiger partial charge in [0.1, 0.15) is 5.82 Å². The maximum atomic E-state index is 5.51. The SMILES string of the molecule is CC1C=CC=CC1c1nc(-c2ccccc2)nc(-n2c3c4ccccc4c4ccccc4c3c3ccc4c(c5ccc6ccccc6c5n4-c4ccccc4)c32)n1. The molecule has 0 saturated carbocycles. The summed E-state index contributed by atoms with van der Waals surface area (Å²) in [6, 6.07) is 56.7. The van der Waals surface area contributed by atoms with Crippen molar-refractivity contribution in [1.29, 1.82) is 0 Å². The van der Waals surface area contributed by atoms with Gasteiger partial charge in [0.15, 0.2) is 5.82 Å². The van der Waals surface area contributed by atoms with Crippen LogP contribution in [0, 0.1) is 5.92 Å². The highest BCUT2D eigenvalue weighted by atomic mass is 15.2. The number of para-hydroxylation sites is 1. The minimum Gasteiger partial charge on any atom is -0.309 e. The first-order valence-corrected chi connectivity index (χ1v) is 19.7. The van der Waals surface area contributed by atoms with E-state index in [0.29, 0.717) is 11.8 Å². The Morgan fingerprint density at radius 3 is 1.84 bits per heavy atom. The van der Waals surface area contributed by atoms with Crippen molar-refractivity contribution in [2.75, 3.05) is 0 Å². The third-order valence-corrected chi connectivity index (χ3v) is 12.0. The summed E-state index contributed by atoms with van der Waals surface area (Å²) in [6.07, 6.45) is 8.70. The van der Waals surface area contributed by atoms with E-state index in [4.69, 9.17) is 15.0 Å². The molecule has 0 amide bonds. The number of hydrogen-bond acceptors (Lipinski definition) is 3. The largest absolute Gasteiger partial charge is 0.309 e. The number of rotatable bonds is 4. The third-order valence-electron chi connectivity index (χ3n) is 12.0. The van der Waals surface area contributed by atoms with E-state index in [0.717, 1.165) is 44.4 Å². The molecule has 268 valence electrons. The zero-order chi connectivity index (χ0) is 37.6. The molecule has 5 nitrogen and oxygen atoms in total. The molecule has 1 aliphatic carbocycles. The quantitative estimate of drug-likeness (QED) is 0.169. The summed E-state index contributed by atoms with van der Waals surface area (Å²) >= 11 is 0. The molecule has 2 unspecified atom stereocenters. The predicted molar refractivity (Wildman–Crippen MR) is 237 cm³/mol. The average Bonchev–Trinajstić information content (AvgIpc) is 3.81. The molecule has 11 aromatic rings. The zero-order valence-electron chi connectivity index (χ0n) is 31.2. The van der Waals surface area contributed by atoms with Gasteiger partial charge in [0.2, 0.25) is 5.95 Å². The Bertz CT molecular complexity index is 3480. The van der Waals surface area contributed by atoms with Crippen molar-refractivity contribution in [3.63, 3.8) is 0 Å². The fraction of sp³-hybridized carbons (Fsp3) is 0.0577. The second kappa shape index (κ2) is 12.3. The molecule has 5 heteroatoms. The molecule has 2 atom stereocenters. The molecular weight excluding hydrogens is 695 g/mol. The van der Waals surface area contributed by atoms with E-state index in [1.165, 1.54) is 48.6 Å². The second-order valence-corrected chi connectivity index (χ2v) is 15.2. The average molecular weight is 730 g/mol. The van der Waals surface area contributed by atoms with Crippen LogP contribution in [0.25, 0.3) is 99.0 Å². The van der Waals surface area contributed by atoms with Crippen LogP contribution in [0.15, 0.2) is 182 Å². The monoisotopic (exact) mass is 729 g/mol. The molecule has 0 N–H and O–H groups in total. The van der Waals surface area contributed by atoms with E-state index in [2.05, 4.69) is 192 Å². The Hall–Kier alpha value is -7.37. The highest BCUT2D eigenvalue weighted by molar-refractivity contribution is 6.36. The number of fused-ring (bicyclic) bond motifs is 14. The topological polar surface area (TPSA) is 48.5 Å². The third kappa shape index (κ3) is 4.66. The molecule has 0 saturated heterocycles. The first kappa shape index (κ1) is 31.9. The summed E-state index contributed by atoms with van der Waals surface area (Å²) in [6.45, 7) is 2.24. The van der Waals surface area contributed by atoms with Gasteiger partial charge in [-0.3, -0.25) is 4.57 Å². The van der Waals surface area contributed by atoms with E-state index in [1.807, 2.05) is 6.07 Å². The second-order valence-electron chi connectivity index (χ2n) is 15.2. The molecule has 3 heterocycles. The van der Waals surface area contributed by atoms with E-state index in [1.54, 1.807) is 0 Å². The molecule has 3 aromatic heterocycles. The maximum Gasteiger partial charge on any atom is 0.238 e. The Balaban J connectivity index is 1.34. The summed E-state index contributed by atoms with van der Waals surface area (Å²) < 4.78 is 4.82. The molecule has 57 heavy (non-hydrogen) atoms. The number of allylic oxidation sites excluding steroid dienone is 4. The lowest BCUT2D eigenvalue weighted by Gasteiger charge is -2.20. The molecule has 0 aliphatic heterocycles. The van der Waals surface area contributed by atoms with Gasteiger partial charge in [0.25, 0.3) is 0 Å². The maximum absolute atomic E-state index is 5.51. The van der Waals surface area contributed by atoms with Crippen LogP contribution >= 0.6 is 0 Å². The number of aromatic nitrogens is 5. The Kier molecular flexibility index (Phi) is 6.90. The number of benzene rings is 8. The van der Waals surface area contributed by atoms with Crippen LogP contribution in [0.4, 0.5) is 0 Å². The van der Waals surface area contributed by atoms with E-state index >= 15 is 0 Å².